The van der Waals surface area contributed by atoms with Crippen molar-refractivity contribution in [2.24, 2.45) is 5.92 Å². The molecule has 0 aromatic carbocycles. The number of carbonyl (C=O) groups excluding carboxylic acids is 3. The van der Waals surface area contributed by atoms with E-state index in [1.165, 1.54) is 148 Å². The first-order valence-corrected chi connectivity index (χ1v) is 28.9. The number of carboxylic acids is 1. The van der Waals surface area contributed by atoms with Crippen LogP contribution in [0.1, 0.15) is 316 Å². The Hall–Kier alpha value is -2.50. The van der Waals surface area contributed by atoms with E-state index >= 15 is 0 Å². The van der Waals surface area contributed by atoms with Crippen molar-refractivity contribution < 1.29 is 24.3 Å². The number of aliphatic carboxylic acids is 1. The van der Waals surface area contributed by atoms with Gasteiger partial charge in [-0.05, 0) is 109 Å². The van der Waals surface area contributed by atoms with E-state index in [-0.39, 0.29) is 37.0 Å². The fourth-order valence-corrected chi connectivity index (χ4v) is 9.01. The number of hydrogen-bond donors (Lipinski definition) is 1. The first-order chi connectivity index (χ1) is 32.4. The molecule has 0 aromatic heterocycles. The normalized spacial score (nSPS) is 12.3. The number of rotatable bonds is 51. The molecule has 0 aliphatic carbocycles. The second-order valence-corrected chi connectivity index (χ2v) is 19.8. The minimum absolute atomic E-state index is 0.0110. The molecule has 1 N–H and O–H groups in total. The fourth-order valence-electron chi connectivity index (χ4n) is 9.01. The summed E-state index contributed by atoms with van der Waals surface area (Å²) in [6.07, 6.45) is 63.0. The summed E-state index contributed by atoms with van der Waals surface area (Å²) in [4.78, 5) is 54.3. The highest BCUT2D eigenvalue weighted by molar-refractivity contribution is 6.11. The quantitative estimate of drug-likeness (QED) is 0.0485. The van der Waals surface area contributed by atoms with E-state index in [2.05, 4.69) is 57.2 Å². The van der Waals surface area contributed by atoms with Crippen molar-refractivity contribution in [2.75, 3.05) is 0 Å². The van der Waals surface area contributed by atoms with E-state index in [1.807, 2.05) is 0 Å². The Bertz CT molecular complexity index is 1140. The summed E-state index contributed by atoms with van der Waals surface area (Å²) in [5.74, 6) is -2.49. The maximum absolute atomic E-state index is 14.2. The average Bonchev–Trinajstić information content (AvgIpc) is 3.30. The number of nitrogens with zero attached hydrogens (tertiary/aromatic N) is 1. The predicted molar refractivity (Wildman–Crippen MR) is 285 cm³/mol. The maximum atomic E-state index is 14.2. The van der Waals surface area contributed by atoms with Gasteiger partial charge in [0, 0.05) is 25.2 Å². The summed E-state index contributed by atoms with van der Waals surface area (Å²) in [5, 5.41) is 9.39. The van der Waals surface area contributed by atoms with Crippen LogP contribution in [-0.4, -0.2) is 33.7 Å². The van der Waals surface area contributed by atoms with Crippen LogP contribution in [0.2, 0.25) is 0 Å². The maximum Gasteiger partial charge on any atom is 0.303 e. The van der Waals surface area contributed by atoms with Crippen LogP contribution >= 0.6 is 0 Å². The molecular weight excluding hydrogens is 815 g/mol. The monoisotopic (exact) mass is 924 g/mol. The standard InChI is InChI=1S/C60H109NO5/c1-4-7-10-13-16-19-22-25-28-31-32-35-38-41-44-47-51-56(52-50-55-59(64)65)60(66)61(57(62)53-48-45-42-39-36-33-29-26-23-20-17-14-11-8-5-2)58(63)54-49-46-43-40-37-34-30-27-24-21-18-15-12-9-6-3/h25-30,56H,4-24,31-55H2,1-3H3,(H,64,65). The highest BCUT2D eigenvalue weighted by atomic mass is 16.4. The fraction of sp³-hybridized carbons (Fsp3) is 0.833. The second-order valence-electron chi connectivity index (χ2n) is 19.8. The van der Waals surface area contributed by atoms with Gasteiger partial charge in [-0.25, -0.2) is 4.90 Å². The summed E-state index contributed by atoms with van der Waals surface area (Å²) in [5.41, 5.74) is 0. The van der Waals surface area contributed by atoms with Crippen LogP contribution in [0.3, 0.4) is 0 Å². The Balaban J connectivity index is 5.04. The van der Waals surface area contributed by atoms with Crippen LogP contribution in [0.25, 0.3) is 0 Å². The summed E-state index contributed by atoms with van der Waals surface area (Å²) in [7, 11) is 0. The third kappa shape index (κ3) is 44.0. The molecule has 66 heavy (non-hydrogen) atoms. The van der Waals surface area contributed by atoms with Crippen LogP contribution in [-0.2, 0) is 19.2 Å². The molecule has 6 nitrogen and oxygen atoms in total. The van der Waals surface area contributed by atoms with Crippen molar-refractivity contribution in [3.63, 3.8) is 0 Å². The molecule has 0 heterocycles. The Morgan fingerprint density at radius 3 is 0.894 bits per heavy atom. The van der Waals surface area contributed by atoms with Crippen LogP contribution in [0.15, 0.2) is 36.5 Å². The number of imide groups is 3. The molecule has 0 saturated carbocycles. The lowest BCUT2D eigenvalue weighted by atomic mass is 9.93. The molecule has 3 amide bonds. The first kappa shape index (κ1) is 63.5. The zero-order valence-electron chi connectivity index (χ0n) is 44.1. The van der Waals surface area contributed by atoms with Crippen molar-refractivity contribution in [1.29, 1.82) is 0 Å². The van der Waals surface area contributed by atoms with E-state index in [0.717, 1.165) is 101 Å². The van der Waals surface area contributed by atoms with E-state index < -0.39 is 11.9 Å². The molecule has 0 rings (SSSR count). The summed E-state index contributed by atoms with van der Waals surface area (Å²) in [6.45, 7) is 6.78. The van der Waals surface area contributed by atoms with Crippen molar-refractivity contribution in [3.05, 3.63) is 36.5 Å². The largest absolute Gasteiger partial charge is 0.481 e. The highest BCUT2D eigenvalue weighted by Crippen LogP contribution is 2.23. The predicted octanol–water partition coefficient (Wildman–Crippen LogP) is 19.2. The van der Waals surface area contributed by atoms with E-state index in [1.54, 1.807) is 0 Å². The van der Waals surface area contributed by atoms with Gasteiger partial charge in [-0.2, -0.15) is 0 Å². The van der Waals surface area contributed by atoms with Crippen LogP contribution < -0.4 is 0 Å². The number of unbranched alkanes of at least 4 members (excludes halogenated alkanes) is 34. The van der Waals surface area contributed by atoms with Gasteiger partial charge in [0.1, 0.15) is 0 Å². The van der Waals surface area contributed by atoms with Crippen molar-refractivity contribution in [1.82, 2.24) is 4.90 Å². The highest BCUT2D eigenvalue weighted by Gasteiger charge is 2.32. The smallest absolute Gasteiger partial charge is 0.303 e. The molecule has 0 radical (unpaired) electrons. The average molecular weight is 925 g/mol. The molecule has 1 unspecified atom stereocenters. The molecule has 0 saturated heterocycles. The number of carboxylic acid groups (broad SMARTS) is 1. The molecule has 6 heteroatoms. The Morgan fingerprint density at radius 2 is 0.591 bits per heavy atom. The summed E-state index contributed by atoms with van der Waals surface area (Å²) >= 11 is 0. The Labute approximate surface area is 409 Å². The lowest BCUT2D eigenvalue weighted by molar-refractivity contribution is -0.157. The lowest BCUT2D eigenvalue weighted by Crippen LogP contribution is -2.45. The molecule has 0 aliphatic rings. The molecule has 384 valence electrons. The topological polar surface area (TPSA) is 91.8 Å². The zero-order valence-corrected chi connectivity index (χ0v) is 44.1. The van der Waals surface area contributed by atoms with Gasteiger partial charge in [0.05, 0.1) is 0 Å². The minimum Gasteiger partial charge on any atom is -0.481 e. The Morgan fingerprint density at radius 1 is 0.333 bits per heavy atom. The number of carbonyl (C=O) groups is 4. The number of hydrogen-bond acceptors (Lipinski definition) is 4. The molecule has 0 aliphatic heterocycles. The van der Waals surface area contributed by atoms with Crippen LogP contribution in [0, 0.1) is 5.92 Å². The Kier molecular flexibility index (Phi) is 49.9. The van der Waals surface area contributed by atoms with Crippen LogP contribution in [0.5, 0.6) is 0 Å². The molecule has 0 bridgehead atoms. The van der Waals surface area contributed by atoms with E-state index in [9.17, 15) is 24.3 Å². The van der Waals surface area contributed by atoms with Gasteiger partial charge >= 0.3 is 5.97 Å². The molecule has 0 fully saturated rings. The number of allylic oxidation sites excluding steroid dienone is 6. The third-order valence-electron chi connectivity index (χ3n) is 13.4. The third-order valence-corrected chi connectivity index (χ3v) is 13.4. The molecule has 1 atom stereocenters. The lowest BCUT2D eigenvalue weighted by Gasteiger charge is -2.25. The van der Waals surface area contributed by atoms with Crippen molar-refractivity contribution in [2.45, 2.75) is 316 Å². The van der Waals surface area contributed by atoms with Gasteiger partial charge in [0.2, 0.25) is 17.7 Å². The minimum atomic E-state index is -0.879. The molecule has 0 aromatic rings. The van der Waals surface area contributed by atoms with Gasteiger partial charge in [-0.1, -0.05) is 224 Å². The van der Waals surface area contributed by atoms with Gasteiger partial charge in [0.25, 0.3) is 0 Å². The van der Waals surface area contributed by atoms with Gasteiger partial charge in [-0.3, -0.25) is 19.2 Å². The van der Waals surface area contributed by atoms with Crippen molar-refractivity contribution in [3.8, 4) is 0 Å². The summed E-state index contributed by atoms with van der Waals surface area (Å²) < 4.78 is 0. The SMILES string of the molecule is CCCCCCCCC=CCCCCCCCCC(CCCC(=O)O)C(=O)N(C(=O)CCCCCCCC=CCCCCCCCC)C(=O)CCCCCCCC=CCCCCCCCC. The van der Waals surface area contributed by atoms with Crippen LogP contribution in [0.4, 0.5) is 0 Å². The second kappa shape index (κ2) is 51.9. The van der Waals surface area contributed by atoms with Crippen molar-refractivity contribution >= 4 is 23.7 Å². The number of amides is 3. The van der Waals surface area contributed by atoms with Gasteiger partial charge in [0.15, 0.2) is 0 Å². The van der Waals surface area contributed by atoms with E-state index in [0.29, 0.717) is 32.1 Å². The van der Waals surface area contributed by atoms with Gasteiger partial charge in [-0.15, -0.1) is 0 Å². The van der Waals surface area contributed by atoms with E-state index in [4.69, 9.17) is 0 Å². The zero-order chi connectivity index (χ0) is 48.2. The molecular formula is C60H109NO5. The van der Waals surface area contributed by atoms with Gasteiger partial charge < -0.3 is 5.11 Å². The summed E-state index contributed by atoms with van der Waals surface area (Å²) in [6, 6.07) is 0. The first-order valence-electron chi connectivity index (χ1n) is 28.9. The molecule has 0 spiro atoms.